The lowest BCUT2D eigenvalue weighted by Gasteiger charge is -2.12. The van der Waals surface area contributed by atoms with Gasteiger partial charge in [-0.2, -0.15) is 0 Å². The predicted octanol–water partition coefficient (Wildman–Crippen LogP) is 3.34. The van der Waals surface area contributed by atoms with Crippen molar-refractivity contribution in [2.45, 2.75) is 70.8 Å². The van der Waals surface area contributed by atoms with E-state index in [0.29, 0.717) is 25.7 Å². The molecule has 0 heterocycles. The summed E-state index contributed by atoms with van der Waals surface area (Å²) in [7, 11) is 0. The van der Waals surface area contributed by atoms with Crippen molar-refractivity contribution in [3.63, 3.8) is 0 Å². The monoisotopic (exact) mass is 320 g/mol. The molecule has 3 atom stereocenters. The topological polar surface area (TPSA) is 74.6 Å². The van der Waals surface area contributed by atoms with Gasteiger partial charge in [0, 0.05) is 31.6 Å². The summed E-state index contributed by atoms with van der Waals surface area (Å²) in [5.41, 5.74) is 0. The molecule has 0 aromatic rings. The standard InChI is InChI=1S/C19H28O4/c1-2-8-16(20)13-11-15-12-14-18(21)17(15)9-6-4-3-5-7-10-19(22)23/h11,13,15-17,20H,2-3,5,7-10,12,14H2,1H3,(H,22,23). The lowest BCUT2D eigenvalue weighted by molar-refractivity contribution is -0.137. The largest absolute Gasteiger partial charge is 0.481 e. The van der Waals surface area contributed by atoms with E-state index in [0.717, 1.165) is 25.7 Å². The lowest BCUT2D eigenvalue weighted by Crippen LogP contribution is -2.13. The minimum Gasteiger partial charge on any atom is -0.481 e. The van der Waals surface area contributed by atoms with E-state index in [1.165, 1.54) is 0 Å². The molecule has 0 amide bonds. The Morgan fingerprint density at radius 3 is 2.87 bits per heavy atom. The maximum absolute atomic E-state index is 12.0. The third-order valence-electron chi connectivity index (χ3n) is 4.21. The van der Waals surface area contributed by atoms with Gasteiger partial charge < -0.3 is 10.2 Å². The second-order valence-corrected chi connectivity index (χ2v) is 6.17. The number of hydrogen-bond acceptors (Lipinski definition) is 3. The van der Waals surface area contributed by atoms with E-state index in [2.05, 4.69) is 11.8 Å². The molecule has 0 aliphatic heterocycles. The fourth-order valence-electron chi connectivity index (χ4n) is 2.85. The highest BCUT2D eigenvalue weighted by Crippen LogP contribution is 2.32. The molecule has 1 aliphatic carbocycles. The van der Waals surface area contributed by atoms with E-state index in [4.69, 9.17) is 5.11 Å². The Hall–Kier alpha value is -1.60. The third kappa shape index (κ3) is 7.99. The Labute approximate surface area is 139 Å². The van der Waals surface area contributed by atoms with Gasteiger partial charge in [0.05, 0.1) is 6.10 Å². The average Bonchev–Trinajstić information content (AvgIpc) is 2.85. The number of carbonyl (C=O) groups excluding carboxylic acids is 1. The normalized spacial score (nSPS) is 22.1. The van der Waals surface area contributed by atoms with Crippen LogP contribution in [0, 0.1) is 23.7 Å². The van der Waals surface area contributed by atoms with Crippen molar-refractivity contribution in [2.75, 3.05) is 0 Å². The van der Waals surface area contributed by atoms with Gasteiger partial charge in [0.1, 0.15) is 5.78 Å². The molecule has 0 spiro atoms. The van der Waals surface area contributed by atoms with Gasteiger partial charge in [-0.25, -0.2) is 0 Å². The predicted molar refractivity (Wildman–Crippen MR) is 89.8 cm³/mol. The number of carboxylic acids is 1. The molecule has 128 valence electrons. The highest BCUT2D eigenvalue weighted by Gasteiger charge is 2.32. The molecule has 1 saturated carbocycles. The smallest absolute Gasteiger partial charge is 0.303 e. The second kappa shape index (κ2) is 11.0. The van der Waals surface area contributed by atoms with Crippen molar-refractivity contribution in [1.29, 1.82) is 0 Å². The number of aliphatic carboxylic acids is 1. The summed E-state index contributed by atoms with van der Waals surface area (Å²) in [6, 6.07) is 0. The van der Waals surface area contributed by atoms with E-state index >= 15 is 0 Å². The summed E-state index contributed by atoms with van der Waals surface area (Å²) < 4.78 is 0. The van der Waals surface area contributed by atoms with Gasteiger partial charge in [0.2, 0.25) is 0 Å². The minimum absolute atomic E-state index is 0.0494. The molecule has 1 rings (SSSR count). The number of Topliss-reactive ketones (excluding diaryl/α,β-unsaturated/α-hetero) is 1. The molecule has 0 bridgehead atoms. The molecule has 2 N–H and O–H groups in total. The molecule has 1 fully saturated rings. The molecule has 4 heteroatoms. The van der Waals surface area contributed by atoms with Crippen LogP contribution in [0.3, 0.4) is 0 Å². The van der Waals surface area contributed by atoms with Gasteiger partial charge >= 0.3 is 5.97 Å². The number of unbranched alkanes of at least 4 members (excludes halogenated alkanes) is 2. The van der Waals surface area contributed by atoms with Crippen LogP contribution >= 0.6 is 0 Å². The van der Waals surface area contributed by atoms with Crippen LogP contribution in [-0.4, -0.2) is 28.1 Å². The van der Waals surface area contributed by atoms with Gasteiger partial charge in [0.25, 0.3) is 0 Å². The maximum Gasteiger partial charge on any atom is 0.303 e. The van der Waals surface area contributed by atoms with Gasteiger partial charge in [-0.3, -0.25) is 9.59 Å². The fourth-order valence-corrected chi connectivity index (χ4v) is 2.85. The molecule has 0 aromatic heterocycles. The Morgan fingerprint density at radius 2 is 2.17 bits per heavy atom. The molecule has 3 unspecified atom stereocenters. The van der Waals surface area contributed by atoms with Crippen LogP contribution in [0.1, 0.15) is 64.7 Å². The van der Waals surface area contributed by atoms with Crippen molar-refractivity contribution in [2.24, 2.45) is 11.8 Å². The number of rotatable bonds is 9. The first-order valence-corrected chi connectivity index (χ1v) is 8.61. The zero-order valence-electron chi connectivity index (χ0n) is 14.0. The van der Waals surface area contributed by atoms with Crippen molar-refractivity contribution in [3.8, 4) is 11.8 Å². The number of aliphatic hydroxyl groups is 1. The van der Waals surface area contributed by atoms with Gasteiger partial charge in [0.15, 0.2) is 0 Å². The van der Waals surface area contributed by atoms with Gasteiger partial charge in [-0.15, -0.1) is 11.8 Å². The van der Waals surface area contributed by atoms with Crippen molar-refractivity contribution >= 4 is 11.8 Å². The molecule has 1 aliphatic rings. The summed E-state index contributed by atoms with van der Waals surface area (Å²) in [6.45, 7) is 2.03. The lowest BCUT2D eigenvalue weighted by atomic mass is 9.91. The molecule has 0 saturated heterocycles. The van der Waals surface area contributed by atoms with Crippen LogP contribution in [0.25, 0.3) is 0 Å². The molecule has 0 radical (unpaired) electrons. The molecular weight excluding hydrogens is 292 g/mol. The van der Waals surface area contributed by atoms with Crippen LogP contribution in [0.4, 0.5) is 0 Å². The zero-order chi connectivity index (χ0) is 17.1. The summed E-state index contributed by atoms with van der Waals surface area (Å²) in [5, 5.41) is 18.3. The van der Waals surface area contributed by atoms with Crippen molar-refractivity contribution in [3.05, 3.63) is 12.2 Å². The Kier molecular flexibility index (Phi) is 9.31. The maximum atomic E-state index is 12.0. The van der Waals surface area contributed by atoms with Crippen LogP contribution in [-0.2, 0) is 9.59 Å². The van der Waals surface area contributed by atoms with Crippen molar-refractivity contribution < 1.29 is 19.8 Å². The number of carbonyl (C=O) groups is 2. The average molecular weight is 320 g/mol. The SMILES string of the molecule is CCCC(O)C=CC1CCC(=O)C1CC#CCCCCC(=O)O. The third-order valence-corrected chi connectivity index (χ3v) is 4.21. The number of aliphatic hydroxyl groups excluding tert-OH is 1. The quantitative estimate of drug-likeness (QED) is 0.388. The van der Waals surface area contributed by atoms with Gasteiger partial charge in [-0.1, -0.05) is 25.5 Å². The van der Waals surface area contributed by atoms with E-state index in [9.17, 15) is 14.7 Å². The number of hydrogen-bond donors (Lipinski definition) is 2. The summed E-state index contributed by atoms with van der Waals surface area (Å²) in [4.78, 5) is 22.4. The Morgan fingerprint density at radius 1 is 1.39 bits per heavy atom. The summed E-state index contributed by atoms with van der Waals surface area (Å²) in [5.74, 6) is 5.76. The fraction of sp³-hybridized carbons (Fsp3) is 0.684. The summed E-state index contributed by atoms with van der Waals surface area (Å²) in [6.07, 6.45) is 9.39. The molecule has 23 heavy (non-hydrogen) atoms. The van der Waals surface area contributed by atoms with E-state index in [1.807, 2.05) is 19.1 Å². The van der Waals surface area contributed by atoms with Crippen LogP contribution in [0.15, 0.2) is 12.2 Å². The molecule has 0 aromatic carbocycles. The Bertz CT molecular complexity index is 469. The van der Waals surface area contributed by atoms with Gasteiger partial charge in [-0.05, 0) is 31.6 Å². The highest BCUT2D eigenvalue weighted by molar-refractivity contribution is 5.84. The minimum atomic E-state index is -0.769. The zero-order valence-corrected chi connectivity index (χ0v) is 14.0. The number of ketones is 1. The summed E-state index contributed by atoms with van der Waals surface area (Å²) >= 11 is 0. The molecule has 4 nitrogen and oxygen atoms in total. The van der Waals surface area contributed by atoms with Crippen molar-refractivity contribution in [1.82, 2.24) is 0 Å². The highest BCUT2D eigenvalue weighted by atomic mass is 16.4. The first-order chi connectivity index (χ1) is 11.0. The first kappa shape index (κ1) is 19.4. The van der Waals surface area contributed by atoms with Crippen LogP contribution < -0.4 is 0 Å². The van der Waals surface area contributed by atoms with E-state index in [1.54, 1.807) is 0 Å². The molecular formula is C19H28O4. The van der Waals surface area contributed by atoms with Crippen LogP contribution in [0.2, 0.25) is 0 Å². The number of carboxylic acid groups (broad SMARTS) is 1. The van der Waals surface area contributed by atoms with Crippen LogP contribution in [0.5, 0.6) is 0 Å². The van der Waals surface area contributed by atoms with E-state index < -0.39 is 12.1 Å². The second-order valence-electron chi connectivity index (χ2n) is 6.17. The van der Waals surface area contributed by atoms with E-state index in [-0.39, 0.29) is 24.0 Å². The number of allylic oxidation sites excluding steroid dienone is 1. The first-order valence-electron chi connectivity index (χ1n) is 8.61. The Balaban J connectivity index is 2.38.